The van der Waals surface area contributed by atoms with Gasteiger partial charge in [-0.1, -0.05) is 23.4 Å². The number of phenolic OH excluding ortho intramolecular Hbond substituents is 1. The first kappa shape index (κ1) is 19.4. The summed E-state index contributed by atoms with van der Waals surface area (Å²) in [5.74, 6) is 0.179. The number of benzene rings is 3. The Morgan fingerprint density at radius 1 is 1.00 bits per heavy atom. The van der Waals surface area contributed by atoms with Crippen molar-refractivity contribution in [2.75, 3.05) is 11.1 Å². The Labute approximate surface area is 178 Å². The molecular formula is C19H15Br2ClN2OS. The smallest absolute Gasteiger partial charge is 0.144 e. The van der Waals surface area contributed by atoms with Gasteiger partial charge in [-0.05, 0) is 92.0 Å². The monoisotopic (exact) mass is 512 g/mol. The van der Waals surface area contributed by atoms with E-state index < -0.39 is 0 Å². The quantitative estimate of drug-likeness (QED) is 0.256. The van der Waals surface area contributed by atoms with Gasteiger partial charge in [-0.15, -0.1) is 0 Å². The van der Waals surface area contributed by atoms with E-state index in [0.717, 1.165) is 31.8 Å². The van der Waals surface area contributed by atoms with Crippen molar-refractivity contribution in [3.63, 3.8) is 0 Å². The van der Waals surface area contributed by atoms with Crippen LogP contribution < -0.4 is 11.1 Å². The van der Waals surface area contributed by atoms with E-state index in [1.54, 1.807) is 11.8 Å². The zero-order valence-corrected chi connectivity index (χ0v) is 18.2. The summed E-state index contributed by atoms with van der Waals surface area (Å²) < 4.78 is 1.25. The number of aromatic hydroxyl groups is 1. The number of halogens is 3. The molecule has 0 aromatic heterocycles. The predicted molar refractivity (Wildman–Crippen MR) is 117 cm³/mol. The Morgan fingerprint density at radius 3 is 2.31 bits per heavy atom. The van der Waals surface area contributed by atoms with Crippen LogP contribution >= 0.6 is 55.2 Å². The minimum atomic E-state index is 0.179. The fraction of sp³-hybridized carbons (Fsp3) is 0.0526. The summed E-state index contributed by atoms with van der Waals surface area (Å²) >= 11 is 14.3. The molecule has 0 amide bonds. The Balaban J connectivity index is 1.81. The van der Waals surface area contributed by atoms with Crippen molar-refractivity contribution in [1.82, 2.24) is 0 Å². The van der Waals surface area contributed by atoms with E-state index in [4.69, 9.17) is 17.3 Å². The molecule has 0 atom stereocenters. The highest BCUT2D eigenvalue weighted by Gasteiger charge is 2.09. The van der Waals surface area contributed by atoms with Crippen molar-refractivity contribution in [2.24, 2.45) is 0 Å². The molecule has 0 radical (unpaired) electrons. The standard InChI is InChI=1S/C19H15Br2ClN2OS/c20-16-8-14(9-17(21)19(16)25)24-10-11-7-13(23)3-6-18(11)26-15-4-1-12(22)2-5-15/h1-9,24-25H,10,23H2. The van der Waals surface area contributed by atoms with Crippen LogP contribution in [0.4, 0.5) is 11.4 Å². The molecule has 0 saturated heterocycles. The van der Waals surface area contributed by atoms with Gasteiger partial charge in [-0.3, -0.25) is 0 Å². The average molecular weight is 515 g/mol. The topological polar surface area (TPSA) is 58.3 Å². The third-order valence-corrected chi connectivity index (χ3v) is 6.21. The van der Waals surface area contributed by atoms with Crippen molar-refractivity contribution < 1.29 is 5.11 Å². The van der Waals surface area contributed by atoms with Crippen molar-refractivity contribution in [3.05, 3.63) is 74.1 Å². The van der Waals surface area contributed by atoms with Crippen molar-refractivity contribution in [2.45, 2.75) is 16.3 Å². The van der Waals surface area contributed by atoms with Gasteiger partial charge in [0, 0.05) is 32.7 Å². The summed E-state index contributed by atoms with van der Waals surface area (Å²) in [6.45, 7) is 0.602. The fourth-order valence-corrected chi connectivity index (χ4v) is 4.57. The molecule has 26 heavy (non-hydrogen) atoms. The second-order valence-corrected chi connectivity index (χ2v) is 8.83. The van der Waals surface area contributed by atoms with Gasteiger partial charge in [-0.2, -0.15) is 0 Å². The highest BCUT2D eigenvalue weighted by molar-refractivity contribution is 9.11. The van der Waals surface area contributed by atoms with Gasteiger partial charge in [-0.25, -0.2) is 0 Å². The first-order chi connectivity index (χ1) is 12.4. The summed E-state index contributed by atoms with van der Waals surface area (Å²) in [5, 5.41) is 13.9. The number of anilines is 2. The molecule has 0 unspecified atom stereocenters. The van der Waals surface area contributed by atoms with E-state index in [1.165, 1.54) is 0 Å². The van der Waals surface area contributed by atoms with Crippen molar-refractivity contribution >= 4 is 66.6 Å². The van der Waals surface area contributed by atoms with Gasteiger partial charge >= 0.3 is 0 Å². The molecule has 0 saturated carbocycles. The first-order valence-corrected chi connectivity index (χ1v) is 10.4. The second-order valence-electron chi connectivity index (χ2n) is 5.57. The maximum Gasteiger partial charge on any atom is 0.144 e. The zero-order chi connectivity index (χ0) is 18.7. The first-order valence-electron chi connectivity index (χ1n) is 7.66. The third kappa shape index (κ3) is 4.88. The number of phenols is 1. The maximum atomic E-state index is 9.83. The van der Waals surface area contributed by atoms with Crippen LogP contribution in [-0.4, -0.2) is 5.11 Å². The minimum absolute atomic E-state index is 0.179. The molecule has 3 aromatic carbocycles. The number of nitrogens with two attached hydrogens (primary N) is 1. The molecule has 0 aliphatic heterocycles. The molecule has 3 aromatic rings. The zero-order valence-electron chi connectivity index (χ0n) is 13.5. The van der Waals surface area contributed by atoms with Crippen LogP contribution in [0.3, 0.4) is 0 Å². The highest BCUT2D eigenvalue weighted by Crippen LogP contribution is 2.36. The summed E-state index contributed by atoms with van der Waals surface area (Å²) in [4.78, 5) is 2.22. The SMILES string of the molecule is Nc1ccc(Sc2ccc(Cl)cc2)c(CNc2cc(Br)c(O)c(Br)c2)c1. The van der Waals surface area contributed by atoms with Crippen LogP contribution in [0, 0.1) is 0 Å². The van der Waals surface area contributed by atoms with Crippen LogP contribution in [0.5, 0.6) is 5.75 Å². The normalized spacial score (nSPS) is 10.7. The van der Waals surface area contributed by atoms with E-state index in [1.807, 2.05) is 54.6 Å². The van der Waals surface area contributed by atoms with Gasteiger partial charge < -0.3 is 16.2 Å². The highest BCUT2D eigenvalue weighted by atomic mass is 79.9. The molecule has 0 fully saturated rings. The molecule has 0 spiro atoms. The summed E-state index contributed by atoms with van der Waals surface area (Å²) in [7, 11) is 0. The van der Waals surface area contributed by atoms with E-state index in [-0.39, 0.29) is 5.75 Å². The molecule has 134 valence electrons. The lowest BCUT2D eigenvalue weighted by Gasteiger charge is -2.13. The minimum Gasteiger partial charge on any atom is -0.506 e. The fourth-order valence-electron chi connectivity index (χ4n) is 2.33. The van der Waals surface area contributed by atoms with Gasteiger partial charge in [0.25, 0.3) is 0 Å². The van der Waals surface area contributed by atoms with E-state index in [2.05, 4.69) is 37.2 Å². The largest absolute Gasteiger partial charge is 0.506 e. The third-order valence-electron chi connectivity index (χ3n) is 3.63. The lowest BCUT2D eigenvalue weighted by molar-refractivity contribution is 0.468. The van der Waals surface area contributed by atoms with Crippen LogP contribution in [0.1, 0.15) is 5.56 Å². The van der Waals surface area contributed by atoms with Crippen LogP contribution in [0.15, 0.2) is 73.3 Å². The van der Waals surface area contributed by atoms with Crippen molar-refractivity contribution in [3.8, 4) is 5.75 Å². The molecular weight excluding hydrogens is 500 g/mol. The number of rotatable bonds is 5. The van der Waals surface area contributed by atoms with Gasteiger partial charge in [0.1, 0.15) is 5.75 Å². The van der Waals surface area contributed by atoms with E-state index in [9.17, 15) is 5.11 Å². The molecule has 3 rings (SSSR count). The average Bonchev–Trinajstić information content (AvgIpc) is 2.61. The van der Waals surface area contributed by atoms with Crippen LogP contribution in [-0.2, 0) is 6.54 Å². The summed E-state index contributed by atoms with van der Waals surface area (Å²) in [6, 6.07) is 17.3. The molecule has 0 aliphatic carbocycles. The Hall–Kier alpha value is -1.34. The number of nitrogens with one attached hydrogen (secondary N) is 1. The van der Waals surface area contributed by atoms with Crippen LogP contribution in [0.2, 0.25) is 5.02 Å². The Bertz CT molecular complexity index is 912. The molecule has 0 bridgehead atoms. The molecule has 0 heterocycles. The van der Waals surface area contributed by atoms with Gasteiger partial charge in [0.15, 0.2) is 0 Å². The van der Waals surface area contributed by atoms with Gasteiger partial charge in [0.2, 0.25) is 0 Å². The molecule has 7 heteroatoms. The number of nitrogen functional groups attached to an aromatic ring is 1. The maximum absolute atomic E-state index is 9.83. The Kier molecular flexibility index (Phi) is 6.40. The molecule has 4 N–H and O–H groups in total. The van der Waals surface area contributed by atoms with Crippen LogP contribution in [0.25, 0.3) is 0 Å². The lowest BCUT2D eigenvalue weighted by Crippen LogP contribution is -2.02. The van der Waals surface area contributed by atoms with Crippen molar-refractivity contribution in [1.29, 1.82) is 0 Å². The van der Waals surface area contributed by atoms with E-state index >= 15 is 0 Å². The second kappa shape index (κ2) is 8.57. The predicted octanol–water partition coefficient (Wildman–Crippen LogP) is 6.92. The number of hydrogen-bond acceptors (Lipinski definition) is 4. The lowest BCUT2D eigenvalue weighted by atomic mass is 10.2. The van der Waals surface area contributed by atoms with Gasteiger partial charge in [0.05, 0.1) is 8.95 Å². The summed E-state index contributed by atoms with van der Waals surface area (Å²) in [5.41, 5.74) is 8.66. The van der Waals surface area contributed by atoms with E-state index in [0.29, 0.717) is 15.5 Å². The molecule has 3 nitrogen and oxygen atoms in total. The molecule has 0 aliphatic rings. The number of hydrogen-bond donors (Lipinski definition) is 3. The Morgan fingerprint density at radius 2 is 1.65 bits per heavy atom. The summed E-state index contributed by atoms with van der Waals surface area (Å²) in [6.07, 6.45) is 0.